The minimum atomic E-state index is -0.398. The van der Waals surface area contributed by atoms with E-state index in [4.69, 9.17) is 0 Å². The Morgan fingerprint density at radius 3 is 2.25 bits per heavy atom. The molecule has 1 aliphatic carbocycles. The van der Waals surface area contributed by atoms with E-state index in [1.807, 2.05) is 12.2 Å². The van der Waals surface area contributed by atoms with Crippen molar-refractivity contribution in [2.75, 3.05) is 6.54 Å². The van der Waals surface area contributed by atoms with E-state index in [0.717, 1.165) is 13.0 Å². The van der Waals surface area contributed by atoms with Gasteiger partial charge >= 0.3 is 0 Å². The van der Waals surface area contributed by atoms with Gasteiger partial charge in [-0.15, -0.1) is 0 Å². The van der Waals surface area contributed by atoms with Gasteiger partial charge < -0.3 is 5.11 Å². The van der Waals surface area contributed by atoms with Gasteiger partial charge in [-0.05, 0) is 59.1 Å². The molecular formula is C22H33NO. The third-order valence-electron chi connectivity index (χ3n) is 5.12. The molecule has 1 aliphatic rings. The van der Waals surface area contributed by atoms with Crippen LogP contribution in [0, 0.1) is 5.92 Å². The number of aliphatic hydroxyl groups is 1. The molecule has 0 spiro atoms. The summed E-state index contributed by atoms with van der Waals surface area (Å²) in [6.07, 6.45) is 6.87. The third kappa shape index (κ3) is 4.81. The number of benzene rings is 1. The van der Waals surface area contributed by atoms with Gasteiger partial charge in [0.25, 0.3) is 0 Å². The fourth-order valence-electron chi connectivity index (χ4n) is 3.87. The standard InChI is InChI=1S/C22H33NO/c1-16(2)23(17(3)4)14-13-20(19-9-7-6-8-10-19)21-15-18(5)11-12-22(21)24/h6-12,15-17,20-22,24H,13-14H2,1-5H3. The van der Waals surface area contributed by atoms with E-state index in [-0.39, 0.29) is 5.92 Å². The molecule has 3 atom stereocenters. The van der Waals surface area contributed by atoms with Gasteiger partial charge in [0.2, 0.25) is 0 Å². The van der Waals surface area contributed by atoms with Gasteiger partial charge in [0.05, 0.1) is 6.10 Å². The second-order valence-electron chi connectivity index (χ2n) is 7.57. The number of rotatable bonds is 7. The van der Waals surface area contributed by atoms with Crippen molar-refractivity contribution in [1.82, 2.24) is 4.90 Å². The van der Waals surface area contributed by atoms with Crippen LogP contribution >= 0.6 is 0 Å². The molecule has 0 aromatic heterocycles. The van der Waals surface area contributed by atoms with Crippen molar-refractivity contribution in [3.63, 3.8) is 0 Å². The quantitative estimate of drug-likeness (QED) is 0.779. The molecule has 24 heavy (non-hydrogen) atoms. The first-order valence-electron chi connectivity index (χ1n) is 9.25. The molecule has 1 aromatic rings. The smallest absolute Gasteiger partial charge is 0.0792 e. The Hall–Kier alpha value is -1.38. The Kier molecular flexibility index (Phi) is 6.82. The average Bonchev–Trinajstić information content (AvgIpc) is 2.54. The van der Waals surface area contributed by atoms with Gasteiger partial charge in [-0.2, -0.15) is 0 Å². The van der Waals surface area contributed by atoms with Crippen LogP contribution in [0.2, 0.25) is 0 Å². The maximum absolute atomic E-state index is 10.6. The normalized spacial score (nSPS) is 22.3. The van der Waals surface area contributed by atoms with E-state index < -0.39 is 6.10 Å². The van der Waals surface area contributed by atoms with Gasteiger partial charge in [-0.25, -0.2) is 0 Å². The maximum Gasteiger partial charge on any atom is 0.0792 e. The summed E-state index contributed by atoms with van der Waals surface area (Å²) in [5.41, 5.74) is 2.57. The van der Waals surface area contributed by atoms with Crippen molar-refractivity contribution in [1.29, 1.82) is 0 Å². The van der Waals surface area contributed by atoms with E-state index in [1.54, 1.807) is 0 Å². The van der Waals surface area contributed by atoms with E-state index in [2.05, 4.69) is 75.9 Å². The fourth-order valence-corrected chi connectivity index (χ4v) is 3.87. The highest BCUT2D eigenvalue weighted by molar-refractivity contribution is 5.30. The Balaban J connectivity index is 2.23. The second kappa shape index (κ2) is 8.64. The van der Waals surface area contributed by atoms with Crippen LogP contribution in [0.1, 0.15) is 52.5 Å². The summed E-state index contributed by atoms with van der Waals surface area (Å²) in [6.45, 7) is 12.2. The monoisotopic (exact) mass is 327 g/mol. The molecule has 1 N–H and O–H groups in total. The van der Waals surface area contributed by atoms with Crippen LogP contribution in [0.15, 0.2) is 54.1 Å². The van der Waals surface area contributed by atoms with Gasteiger partial charge in [-0.1, -0.05) is 54.1 Å². The summed E-state index contributed by atoms with van der Waals surface area (Å²) in [5.74, 6) is 0.486. The molecule has 0 radical (unpaired) electrons. The van der Waals surface area contributed by atoms with E-state index >= 15 is 0 Å². The van der Waals surface area contributed by atoms with Crippen LogP contribution in [0.5, 0.6) is 0 Å². The molecule has 0 amide bonds. The molecule has 1 aromatic carbocycles. The molecular weight excluding hydrogens is 294 g/mol. The summed E-state index contributed by atoms with van der Waals surface area (Å²) in [6, 6.07) is 11.7. The number of aliphatic hydroxyl groups excluding tert-OH is 1. The molecule has 2 nitrogen and oxygen atoms in total. The van der Waals surface area contributed by atoms with Crippen LogP contribution in [-0.2, 0) is 0 Å². The predicted molar refractivity (Wildman–Crippen MR) is 103 cm³/mol. The zero-order chi connectivity index (χ0) is 17.7. The zero-order valence-electron chi connectivity index (χ0n) is 15.8. The minimum absolute atomic E-state index is 0.151. The maximum atomic E-state index is 10.6. The lowest BCUT2D eigenvalue weighted by molar-refractivity contribution is 0.134. The highest BCUT2D eigenvalue weighted by Crippen LogP contribution is 2.35. The number of hydrogen-bond acceptors (Lipinski definition) is 2. The van der Waals surface area contributed by atoms with E-state index in [1.165, 1.54) is 11.1 Å². The lowest BCUT2D eigenvalue weighted by Gasteiger charge is -2.35. The van der Waals surface area contributed by atoms with Crippen molar-refractivity contribution in [2.24, 2.45) is 5.92 Å². The van der Waals surface area contributed by atoms with Crippen molar-refractivity contribution in [3.8, 4) is 0 Å². The van der Waals surface area contributed by atoms with Gasteiger partial charge in [0.15, 0.2) is 0 Å². The van der Waals surface area contributed by atoms with Crippen LogP contribution < -0.4 is 0 Å². The molecule has 3 unspecified atom stereocenters. The first-order chi connectivity index (χ1) is 11.4. The summed E-state index contributed by atoms with van der Waals surface area (Å²) < 4.78 is 0. The van der Waals surface area contributed by atoms with Crippen molar-refractivity contribution in [2.45, 2.75) is 65.1 Å². The molecule has 0 heterocycles. The number of allylic oxidation sites excluding steroid dienone is 2. The minimum Gasteiger partial charge on any atom is -0.388 e. The highest BCUT2D eigenvalue weighted by atomic mass is 16.3. The van der Waals surface area contributed by atoms with Crippen molar-refractivity contribution < 1.29 is 5.11 Å². The van der Waals surface area contributed by atoms with Crippen molar-refractivity contribution >= 4 is 0 Å². The zero-order valence-corrected chi connectivity index (χ0v) is 15.8. The first-order valence-corrected chi connectivity index (χ1v) is 9.25. The Bertz CT molecular complexity index is 551. The lowest BCUT2D eigenvalue weighted by atomic mass is 9.77. The van der Waals surface area contributed by atoms with E-state index in [9.17, 15) is 5.11 Å². The largest absolute Gasteiger partial charge is 0.388 e. The van der Waals surface area contributed by atoms with Crippen molar-refractivity contribution in [3.05, 3.63) is 59.7 Å². The fraction of sp³-hybridized carbons (Fsp3) is 0.545. The lowest BCUT2D eigenvalue weighted by Crippen LogP contribution is -2.39. The SMILES string of the molecule is CC1=CC(C(CCN(C(C)C)C(C)C)c2ccccc2)C(O)C=C1. The molecule has 0 saturated heterocycles. The summed E-state index contributed by atoms with van der Waals surface area (Å²) in [5, 5.41) is 10.6. The molecule has 0 fully saturated rings. The summed E-state index contributed by atoms with van der Waals surface area (Å²) >= 11 is 0. The van der Waals surface area contributed by atoms with Crippen LogP contribution in [0.25, 0.3) is 0 Å². The molecule has 0 saturated carbocycles. The average molecular weight is 328 g/mol. The molecule has 0 bridgehead atoms. The molecule has 2 rings (SSSR count). The first kappa shape index (κ1) is 19.0. The predicted octanol–water partition coefficient (Wildman–Crippen LogP) is 4.77. The molecule has 0 aliphatic heterocycles. The molecule has 2 heteroatoms. The Morgan fingerprint density at radius 2 is 1.67 bits per heavy atom. The van der Waals surface area contributed by atoms with Crippen LogP contribution in [0.3, 0.4) is 0 Å². The number of hydrogen-bond donors (Lipinski definition) is 1. The highest BCUT2D eigenvalue weighted by Gasteiger charge is 2.29. The van der Waals surface area contributed by atoms with Gasteiger partial charge in [0.1, 0.15) is 0 Å². The molecule has 132 valence electrons. The summed E-state index contributed by atoms with van der Waals surface area (Å²) in [4.78, 5) is 2.54. The third-order valence-corrected chi connectivity index (χ3v) is 5.12. The van der Waals surface area contributed by atoms with Crippen LogP contribution in [-0.4, -0.2) is 34.7 Å². The Labute approximate surface area is 147 Å². The summed E-state index contributed by atoms with van der Waals surface area (Å²) in [7, 11) is 0. The van der Waals surface area contributed by atoms with Gasteiger partial charge in [-0.3, -0.25) is 4.90 Å². The van der Waals surface area contributed by atoms with E-state index in [0.29, 0.717) is 18.0 Å². The van der Waals surface area contributed by atoms with Crippen LogP contribution in [0.4, 0.5) is 0 Å². The topological polar surface area (TPSA) is 23.5 Å². The number of nitrogens with zero attached hydrogens (tertiary/aromatic N) is 1. The Morgan fingerprint density at radius 1 is 1.04 bits per heavy atom. The van der Waals surface area contributed by atoms with Gasteiger partial charge in [0, 0.05) is 18.0 Å². The second-order valence-corrected chi connectivity index (χ2v) is 7.57.